The Morgan fingerprint density at radius 2 is 1.14 bits per heavy atom. The van der Waals surface area contributed by atoms with Crippen LogP contribution in [0, 0.1) is 0 Å². The van der Waals surface area contributed by atoms with Gasteiger partial charge in [0.2, 0.25) is 0 Å². The molecule has 0 saturated heterocycles. The molecule has 0 saturated carbocycles. The molecule has 0 heterocycles. The van der Waals surface area contributed by atoms with E-state index in [0.717, 1.165) is 0 Å². The van der Waals surface area contributed by atoms with Gasteiger partial charge in [-0.15, -0.1) is 0 Å². The molecule has 0 atom stereocenters. The highest BCUT2D eigenvalue weighted by Crippen LogP contribution is 2.22. The van der Waals surface area contributed by atoms with E-state index in [1.165, 1.54) is 0 Å². The van der Waals surface area contributed by atoms with E-state index in [4.69, 9.17) is 9.47 Å². The molecule has 0 aromatic heterocycles. The summed E-state index contributed by atoms with van der Waals surface area (Å²) < 4.78 is 10.9. The molecule has 0 spiro atoms. The van der Waals surface area contributed by atoms with E-state index in [1.54, 1.807) is 24.3 Å². The Hall–Kier alpha value is -1.84. The summed E-state index contributed by atoms with van der Waals surface area (Å²) in [5, 5.41) is 0. The van der Waals surface area contributed by atoms with Gasteiger partial charge in [-0.3, -0.25) is 0 Å². The van der Waals surface area contributed by atoms with Gasteiger partial charge in [0.15, 0.2) is 0 Å². The normalized spacial score (nSPS) is 11.9. The van der Waals surface area contributed by atoms with E-state index in [0.29, 0.717) is 12.8 Å². The summed E-state index contributed by atoms with van der Waals surface area (Å²) in [4.78, 5) is 24.7. The Balaban J connectivity index is 3.04. The van der Waals surface area contributed by atoms with Gasteiger partial charge in [0, 0.05) is 0 Å². The molecule has 22 heavy (non-hydrogen) atoms. The fraction of sp³-hybridized carbons (Fsp3) is 0.556. The lowest BCUT2D eigenvalue weighted by atomic mass is 10.0. The predicted molar refractivity (Wildman–Crippen MR) is 86.0 cm³/mol. The fourth-order valence-electron chi connectivity index (χ4n) is 1.60. The number of hydrogen-bond acceptors (Lipinski definition) is 4. The van der Waals surface area contributed by atoms with E-state index < -0.39 is 23.1 Å². The molecule has 4 heteroatoms. The quantitative estimate of drug-likeness (QED) is 0.732. The van der Waals surface area contributed by atoms with Crippen molar-refractivity contribution in [3.05, 3.63) is 35.4 Å². The van der Waals surface area contributed by atoms with Crippen LogP contribution in [0.4, 0.5) is 0 Å². The molecule has 0 amide bonds. The summed E-state index contributed by atoms with van der Waals surface area (Å²) in [7, 11) is 0. The van der Waals surface area contributed by atoms with Gasteiger partial charge in [0.05, 0.1) is 11.1 Å². The average Bonchev–Trinajstić information content (AvgIpc) is 2.46. The van der Waals surface area contributed by atoms with Gasteiger partial charge in [-0.2, -0.15) is 0 Å². The molecular formula is C18H26O4. The largest absolute Gasteiger partial charge is 0.456 e. The lowest BCUT2D eigenvalue weighted by Crippen LogP contribution is -2.30. The summed E-state index contributed by atoms with van der Waals surface area (Å²) in [6, 6.07) is 6.59. The summed E-state index contributed by atoms with van der Waals surface area (Å²) >= 11 is 0. The summed E-state index contributed by atoms with van der Waals surface area (Å²) in [5.74, 6) is -1.01. The van der Waals surface area contributed by atoms with E-state index in [2.05, 4.69) is 0 Å². The maximum atomic E-state index is 12.3. The van der Waals surface area contributed by atoms with Crippen LogP contribution in [0.5, 0.6) is 0 Å². The smallest absolute Gasteiger partial charge is 0.339 e. The van der Waals surface area contributed by atoms with Crippen molar-refractivity contribution in [3.8, 4) is 0 Å². The molecule has 0 fully saturated rings. The van der Waals surface area contributed by atoms with Gasteiger partial charge in [-0.25, -0.2) is 9.59 Å². The first-order chi connectivity index (χ1) is 10.1. The Kier molecular flexibility index (Phi) is 5.75. The molecule has 0 aliphatic carbocycles. The first-order valence-corrected chi connectivity index (χ1v) is 7.67. The third-order valence-electron chi connectivity index (χ3n) is 3.81. The van der Waals surface area contributed by atoms with Crippen molar-refractivity contribution in [2.45, 2.75) is 65.6 Å². The van der Waals surface area contributed by atoms with Crippen LogP contribution in [-0.4, -0.2) is 23.1 Å². The Labute approximate surface area is 132 Å². The van der Waals surface area contributed by atoms with E-state index >= 15 is 0 Å². The van der Waals surface area contributed by atoms with Gasteiger partial charge in [-0.1, -0.05) is 26.0 Å². The van der Waals surface area contributed by atoms with Crippen molar-refractivity contribution in [2.24, 2.45) is 0 Å². The molecule has 1 aromatic rings. The molecule has 1 aromatic carbocycles. The van der Waals surface area contributed by atoms with Gasteiger partial charge in [0.25, 0.3) is 0 Å². The third-order valence-corrected chi connectivity index (χ3v) is 3.81. The second kappa shape index (κ2) is 6.95. The number of carbonyl (C=O) groups is 2. The van der Waals surface area contributed by atoms with Crippen molar-refractivity contribution < 1.29 is 19.1 Å². The van der Waals surface area contributed by atoms with Crippen LogP contribution in [0.2, 0.25) is 0 Å². The lowest BCUT2D eigenvalue weighted by Gasteiger charge is -2.25. The molecule has 122 valence electrons. The highest BCUT2D eigenvalue weighted by atomic mass is 16.6. The van der Waals surface area contributed by atoms with Crippen LogP contribution in [0.25, 0.3) is 0 Å². The number of hydrogen-bond donors (Lipinski definition) is 0. The molecule has 0 aliphatic heterocycles. The molecule has 0 unspecified atom stereocenters. The van der Waals surface area contributed by atoms with Gasteiger partial charge < -0.3 is 9.47 Å². The SMILES string of the molecule is CCC(C)(C)OC(=O)c1ccccc1C(=O)OC(C)(C)CC. The van der Waals surface area contributed by atoms with Crippen molar-refractivity contribution in [1.82, 2.24) is 0 Å². The minimum absolute atomic E-state index is 0.237. The van der Waals surface area contributed by atoms with E-state index in [9.17, 15) is 9.59 Å². The van der Waals surface area contributed by atoms with Crippen LogP contribution < -0.4 is 0 Å². The second-order valence-corrected chi connectivity index (χ2v) is 6.55. The Bertz CT molecular complexity index is 495. The highest BCUT2D eigenvalue weighted by molar-refractivity contribution is 6.03. The van der Waals surface area contributed by atoms with Crippen molar-refractivity contribution >= 4 is 11.9 Å². The molecule has 0 N–H and O–H groups in total. The predicted octanol–water partition coefficient (Wildman–Crippen LogP) is 4.38. The van der Waals surface area contributed by atoms with Gasteiger partial charge in [-0.05, 0) is 52.7 Å². The Morgan fingerprint density at radius 1 is 0.818 bits per heavy atom. The summed E-state index contributed by atoms with van der Waals surface area (Å²) in [5.41, 5.74) is -0.671. The molecule has 1 rings (SSSR count). The molecule has 4 nitrogen and oxygen atoms in total. The van der Waals surface area contributed by atoms with Gasteiger partial charge in [0.1, 0.15) is 11.2 Å². The maximum Gasteiger partial charge on any atom is 0.339 e. The molecular weight excluding hydrogens is 280 g/mol. The highest BCUT2D eigenvalue weighted by Gasteiger charge is 2.27. The van der Waals surface area contributed by atoms with Crippen LogP contribution in [-0.2, 0) is 9.47 Å². The minimum Gasteiger partial charge on any atom is -0.456 e. The first-order valence-electron chi connectivity index (χ1n) is 7.67. The topological polar surface area (TPSA) is 52.6 Å². The fourth-order valence-corrected chi connectivity index (χ4v) is 1.60. The molecule has 0 radical (unpaired) electrons. The van der Waals surface area contributed by atoms with Crippen LogP contribution in [0.3, 0.4) is 0 Å². The number of rotatable bonds is 6. The van der Waals surface area contributed by atoms with Crippen molar-refractivity contribution in [1.29, 1.82) is 0 Å². The number of carbonyl (C=O) groups excluding carboxylic acids is 2. The zero-order chi connectivity index (χ0) is 17.0. The minimum atomic E-state index is -0.573. The number of ether oxygens (including phenoxy) is 2. The molecule has 0 aliphatic rings. The van der Waals surface area contributed by atoms with Crippen LogP contribution in [0.15, 0.2) is 24.3 Å². The first kappa shape index (κ1) is 18.2. The van der Waals surface area contributed by atoms with Crippen molar-refractivity contribution in [3.63, 3.8) is 0 Å². The van der Waals surface area contributed by atoms with Crippen LogP contribution >= 0.6 is 0 Å². The zero-order valence-electron chi connectivity index (χ0n) is 14.4. The second-order valence-electron chi connectivity index (χ2n) is 6.55. The average molecular weight is 306 g/mol. The van der Waals surface area contributed by atoms with E-state index in [1.807, 2.05) is 41.5 Å². The van der Waals surface area contributed by atoms with Gasteiger partial charge >= 0.3 is 11.9 Å². The lowest BCUT2D eigenvalue weighted by molar-refractivity contribution is -0.00726. The zero-order valence-corrected chi connectivity index (χ0v) is 14.4. The van der Waals surface area contributed by atoms with E-state index in [-0.39, 0.29) is 11.1 Å². The van der Waals surface area contributed by atoms with Crippen molar-refractivity contribution in [2.75, 3.05) is 0 Å². The standard InChI is InChI=1S/C18H26O4/c1-7-17(3,4)21-15(19)13-11-9-10-12-14(13)16(20)22-18(5,6)8-2/h9-12H,7-8H2,1-6H3. The maximum absolute atomic E-state index is 12.3. The monoisotopic (exact) mass is 306 g/mol. The summed E-state index contributed by atoms with van der Waals surface area (Å²) in [6.45, 7) is 11.2. The Morgan fingerprint density at radius 3 is 1.41 bits per heavy atom. The summed E-state index contributed by atoms with van der Waals surface area (Å²) in [6.07, 6.45) is 1.38. The number of benzene rings is 1. The number of esters is 2. The molecule has 0 bridgehead atoms. The van der Waals surface area contributed by atoms with Crippen LogP contribution in [0.1, 0.15) is 75.1 Å². The third kappa shape index (κ3) is 4.86.